The summed E-state index contributed by atoms with van der Waals surface area (Å²) < 4.78 is 5.39. The van der Waals surface area contributed by atoms with E-state index in [0.29, 0.717) is 18.2 Å². The summed E-state index contributed by atoms with van der Waals surface area (Å²) in [5.74, 6) is 1.08. The van der Waals surface area contributed by atoms with Gasteiger partial charge in [-0.25, -0.2) is 0 Å². The van der Waals surface area contributed by atoms with Crippen LogP contribution in [-0.4, -0.2) is 47.3 Å². The second kappa shape index (κ2) is 6.88. The van der Waals surface area contributed by atoms with Crippen LogP contribution in [0.2, 0.25) is 0 Å². The molecule has 4 nitrogen and oxygen atoms in total. The van der Waals surface area contributed by atoms with Gasteiger partial charge < -0.3 is 14.7 Å². The number of aliphatic hydroxyl groups is 1. The molecule has 0 unspecified atom stereocenters. The lowest BCUT2D eigenvalue weighted by Gasteiger charge is -2.43. The maximum atomic E-state index is 12.8. The fourth-order valence-electron chi connectivity index (χ4n) is 4.79. The first-order valence-corrected chi connectivity index (χ1v) is 9.17. The molecule has 3 atom stereocenters. The zero-order valence-corrected chi connectivity index (χ0v) is 13.9. The highest BCUT2D eigenvalue weighted by Gasteiger charge is 2.44. The number of rotatable bonds is 3. The van der Waals surface area contributed by atoms with E-state index in [-0.39, 0.29) is 12.0 Å². The Hall–Kier alpha value is -0.610. The minimum Gasteiger partial charge on any atom is -0.390 e. The molecule has 0 aromatic carbocycles. The van der Waals surface area contributed by atoms with Gasteiger partial charge in [-0.3, -0.25) is 4.79 Å². The van der Waals surface area contributed by atoms with Crippen molar-refractivity contribution in [2.24, 2.45) is 11.8 Å². The topological polar surface area (TPSA) is 49.8 Å². The lowest BCUT2D eigenvalue weighted by molar-refractivity contribution is -0.138. The van der Waals surface area contributed by atoms with Gasteiger partial charge in [-0.05, 0) is 51.4 Å². The number of hydrogen-bond donors (Lipinski definition) is 1. The number of amides is 1. The largest absolute Gasteiger partial charge is 0.390 e. The minimum absolute atomic E-state index is 0.266. The van der Waals surface area contributed by atoms with Gasteiger partial charge in [-0.2, -0.15) is 0 Å². The van der Waals surface area contributed by atoms with E-state index in [0.717, 1.165) is 64.7 Å². The molecule has 22 heavy (non-hydrogen) atoms. The maximum Gasteiger partial charge on any atom is 0.223 e. The van der Waals surface area contributed by atoms with E-state index in [9.17, 15) is 9.90 Å². The number of ether oxygens (including phenoxy) is 1. The summed E-state index contributed by atoms with van der Waals surface area (Å²) in [6.45, 7) is 4.48. The fourth-order valence-corrected chi connectivity index (χ4v) is 4.79. The summed E-state index contributed by atoms with van der Waals surface area (Å²) >= 11 is 0. The van der Waals surface area contributed by atoms with Gasteiger partial charge in [0, 0.05) is 38.1 Å². The number of carbonyl (C=O) groups is 1. The van der Waals surface area contributed by atoms with Crippen molar-refractivity contribution in [2.75, 3.05) is 19.8 Å². The molecule has 0 bridgehead atoms. The van der Waals surface area contributed by atoms with Crippen molar-refractivity contribution in [3.63, 3.8) is 0 Å². The number of hydrogen-bond acceptors (Lipinski definition) is 3. The van der Waals surface area contributed by atoms with E-state index in [4.69, 9.17) is 4.74 Å². The van der Waals surface area contributed by atoms with Gasteiger partial charge in [0.25, 0.3) is 0 Å². The average Bonchev–Trinajstić information content (AvgIpc) is 2.97. The van der Waals surface area contributed by atoms with Crippen LogP contribution < -0.4 is 0 Å². The Labute approximate surface area is 134 Å². The molecular formula is C18H31NO3. The van der Waals surface area contributed by atoms with Crippen LogP contribution >= 0.6 is 0 Å². The molecule has 1 amide bonds. The van der Waals surface area contributed by atoms with Gasteiger partial charge in [0.15, 0.2) is 0 Å². The van der Waals surface area contributed by atoms with E-state index in [1.807, 2.05) is 6.92 Å². The third-order valence-electron chi connectivity index (χ3n) is 6.14. The Balaban J connectivity index is 1.63. The summed E-state index contributed by atoms with van der Waals surface area (Å²) in [5.41, 5.74) is -0.593. The van der Waals surface area contributed by atoms with Gasteiger partial charge in [0.1, 0.15) is 0 Å². The lowest BCUT2D eigenvalue weighted by Crippen LogP contribution is -2.50. The van der Waals surface area contributed by atoms with Crippen molar-refractivity contribution in [1.82, 2.24) is 4.90 Å². The molecule has 1 saturated carbocycles. The second-order valence-corrected chi connectivity index (χ2v) is 7.77. The van der Waals surface area contributed by atoms with Gasteiger partial charge in [0.05, 0.1) is 5.60 Å². The van der Waals surface area contributed by atoms with Crippen LogP contribution in [0.1, 0.15) is 64.7 Å². The van der Waals surface area contributed by atoms with Crippen LogP contribution in [0.4, 0.5) is 0 Å². The van der Waals surface area contributed by atoms with Crippen molar-refractivity contribution in [3.05, 3.63) is 0 Å². The summed E-state index contributed by atoms with van der Waals surface area (Å²) in [7, 11) is 0. The molecule has 3 rings (SSSR count). The molecular weight excluding hydrogens is 278 g/mol. The highest BCUT2D eigenvalue weighted by atomic mass is 16.5. The van der Waals surface area contributed by atoms with Gasteiger partial charge in [-0.1, -0.05) is 12.8 Å². The summed E-state index contributed by atoms with van der Waals surface area (Å²) in [4.78, 5) is 14.9. The minimum atomic E-state index is -0.593. The third kappa shape index (κ3) is 3.48. The van der Waals surface area contributed by atoms with Crippen molar-refractivity contribution < 1.29 is 14.6 Å². The Bertz CT molecular complexity index is 390. The van der Waals surface area contributed by atoms with E-state index in [1.165, 1.54) is 6.42 Å². The number of carbonyl (C=O) groups excluding carboxylic acids is 1. The molecule has 1 N–H and O–H groups in total. The summed E-state index contributed by atoms with van der Waals surface area (Å²) in [5, 5.41) is 10.8. The van der Waals surface area contributed by atoms with Crippen molar-refractivity contribution in [2.45, 2.75) is 76.4 Å². The molecule has 4 heteroatoms. The molecule has 0 spiro atoms. The van der Waals surface area contributed by atoms with Crippen LogP contribution in [0.5, 0.6) is 0 Å². The van der Waals surface area contributed by atoms with E-state index < -0.39 is 5.60 Å². The highest BCUT2D eigenvalue weighted by Crippen LogP contribution is 2.41. The Kier molecular flexibility index (Phi) is 5.08. The van der Waals surface area contributed by atoms with Gasteiger partial charge in [-0.15, -0.1) is 0 Å². The van der Waals surface area contributed by atoms with Gasteiger partial charge in [0.2, 0.25) is 5.91 Å². The SMILES string of the molecule is C[C@]1(O)CCCC[C@H]1[C@@H]1CCCN1C(=O)CC1CCOCC1. The first-order chi connectivity index (χ1) is 10.6. The zero-order chi connectivity index (χ0) is 15.6. The summed E-state index contributed by atoms with van der Waals surface area (Å²) in [6, 6.07) is 0.266. The molecule has 0 aromatic heterocycles. The lowest BCUT2D eigenvalue weighted by atomic mass is 9.72. The Morgan fingerprint density at radius 1 is 1.18 bits per heavy atom. The fraction of sp³-hybridized carbons (Fsp3) is 0.944. The smallest absolute Gasteiger partial charge is 0.223 e. The van der Waals surface area contributed by atoms with Crippen LogP contribution in [-0.2, 0) is 9.53 Å². The van der Waals surface area contributed by atoms with E-state index in [2.05, 4.69) is 4.90 Å². The monoisotopic (exact) mass is 309 g/mol. The molecule has 3 fully saturated rings. The average molecular weight is 309 g/mol. The zero-order valence-electron chi connectivity index (χ0n) is 13.9. The standard InChI is InChI=1S/C18H31NO3/c1-18(21)9-3-2-5-15(18)16-6-4-10-19(16)17(20)13-14-7-11-22-12-8-14/h14-16,21H,2-13H2,1H3/t15-,16-,18-/m0/s1. The number of likely N-dealkylation sites (tertiary alicyclic amines) is 1. The Morgan fingerprint density at radius 2 is 1.95 bits per heavy atom. The Morgan fingerprint density at radius 3 is 2.68 bits per heavy atom. The van der Waals surface area contributed by atoms with Crippen LogP contribution in [0.15, 0.2) is 0 Å². The van der Waals surface area contributed by atoms with E-state index >= 15 is 0 Å². The van der Waals surface area contributed by atoms with Crippen LogP contribution in [0.25, 0.3) is 0 Å². The molecule has 1 aliphatic carbocycles. The summed E-state index contributed by atoms with van der Waals surface area (Å²) in [6.07, 6.45) is 9.14. The van der Waals surface area contributed by atoms with Crippen molar-refractivity contribution >= 4 is 5.91 Å². The molecule has 2 aliphatic heterocycles. The predicted molar refractivity (Wildman–Crippen MR) is 85.5 cm³/mol. The molecule has 2 saturated heterocycles. The van der Waals surface area contributed by atoms with E-state index in [1.54, 1.807) is 0 Å². The van der Waals surface area contributed by atoms with Crippen molar-refractivity contribution in [3.8, 4) is 0 Å². The second-order valence-electron chi connectivity index (χ2n) is 7.77. The molecule has 3 aliphatic rings. The molecule has 0 radical (unpaired) electrons. The quantitative estimate of drug-likeness (QED) is 0.872. The van der Waals surface area contributed by atoms with Gasteiger partial charge >= 0.3 is 0 Å². The van der Waals surface area contributed by atoms with Crippen molar-refractivity contribution in [1.29, 1.82) is 0 Å². The molecule has 0 aromatic rings. The normalized spacial score (nSPS) is 37.5. The third-order valence-corrected chi connectivity index (χ3v) is 6.14. The molecule has 126 valence electrons. The molecule has 2 heterocycles. The number of nitrogens with zero attached hydrogens (tertiary/aromatic N) is 1. The maximum absolute atomic E-state index is 12.8. The predicted octanol–water partition coefficient (Wildman–Crippen LogP) is 2.74. The van der Waals surface area contributed by atoms with Crippen LogP contribution in [0.3, 0.4) is 0 Å². The van der Waals surface area contributed by atoms with Crippen LogP contribution in [0, 0.1) is 11.8 Å². The first kappa shape index (κ1) is 16.3. The first-order valence-electron chi connectivity index (χ1n) is 9.17. The highest BCUT2D eigenvalue weighted by molar-refractivity contribution is 5.77.